The van der Waals surface area contributed by atoms with Gasteiger partial charge < -0.3 is 10.2 Å². The third-order valence-electron chi connectivity index (χ3n) is 6.02. The predicted molar refractivity (Wildman–Crippen MR) is 117 cm³/mol. The van der Waals surface area contributed by atoms with E-state index in [1.54, 1.807) is 0 Å². The van der Waals surface area contributed by atoms with Crippen molar-refractivity contribution < 1.29 is 4.79 Å². The van der Waals surface area contributed by atoms with E-state index in [0.29, 0.717) is 0 Å². The number of carbonyl (C=O) groups excluding carboxylic acids is 1. The Hall–Kier alpha value is -2.69. The Balaban J connectivity index is 1.23. The molecular weight excluding hydrogens is 360 g/mol. The summed E-state index contributed by atoms with van der Waals surface area (Å²) in [6, 6.07) is 10.2. The monoisotopic (exact) mass is 390 g/mol. The molecule has 152 valence electrons. The van der Waals surface area contributed by atoms with E-state index in [4.69, 9.17) is 0 Å². The molecule has 2 heterocycles. The fraction of sp³-hybridized carbons (Fsp3) is 0.458. The summed E-state index contributed by atoms with van der Waals surface area (Å²) < 4.78 is 0. The fourth-order valence-electron chi connectivity index (χ4n) is 4.23. The van der Waals surface area contributed by atoms with Crippen LogP contribution in [0.5, 0.6) is 0 Å². The molecule has 0 atom stereocenters. The number of piperidine rings is 1. The quantitative estimate of drug-likeness (QED) is 0.744. The number of allylic oxidation sites excluding steroid dienone is 1. The van der Waals surface area contributed by atoms with E-state index in [-0.39, 0.29) is 11.8 Å². The Kier molecular flexibility index (Phi) is 6.55. The average Bonchev–Trinajstić information content (AvgIpc) is 2.80. The predicted octanol–water partition coefficient (Wildman–Crippen LogP) is 4.37. The van der Waals surface area contributed by atoms with E-state index in [1.165, 1.54) is 31.3 Å². The second kappa shape index (κ2) is 9.68. The minimum Gasteiger partial charge on any atom is -0.356 e. The number of nitrogens with one attached hydrogen (secondary N) is 1. The maximum atomic E-state index is 12.5. The molecule has 0 radical (unpaired) electrons. The number of hydrogen-bond acceptors (Lipinski definition) is 4. The van der Waals surface area contributed by atoms with Gasteiger partial charge in [-0.3, -0.25) is 4.79 Å². The SMILES string of the molecule is O=C(NCCC1=CCCCC1)C1CCN(c2ncc(-c3ccccc3)cn2)CC1. The topological polar surface area (TPSA) is 58.1 Å². The first-order chi connectivity index (χ1) is 14.3. The molecule has 1 aliphatic carbocycles. The normalized spacial score (nSPS) is 17.7. The van der Waals surface area contributed by atoms with E-state index < -0.39 is 0 Å². The van der Waals surface area contributed by atoms with Crippen LogP contribution in [0, 0.1) is 5.92 Å². The van der Waals surface area contributed by atoms with Crippen LogP contribution in [0.25, 0.3) is 11.1 Å². The average molecular weight is 391 g/mol. The lowest BCUT2D eigenvalue weighted by Crippen LogP contribution is -2.41. The van der Waals surface area contributed by atoms with Crippen LogP contribution in [0.3, 0.4) is 0 Å². The van der Waals surface area contributed by atoms with Crippen LogP contribution in [-0.4, -0.2) is 35.5 Å². The summed E-state index contributed by atoms with van der Waals surface area (Å²) in [6.45, 7) is 2.43. The second-order valence-corrected chi connectivity index (χ2v) is 8.05. The molecule has 0 unspecified atom stereocenters. The van der Waals surface area contributed by atoms with Crippen molar-refractivity contribution >= 4 is 11.9 Å². The van der Waals surface area contributed by atoms with Gasteiger partial charge in [-0.05, 0) is 50.5 Å². The molecule has 1 aromatic carbocycles. The molecule has 1 aromatic heterocycles. The van der Waals surface area contributed by atoms with Gasteiger partial charge >= 0.3 is 0 Å². The van der Waals surface area contributed by atoms with Gasteiger partial charge in [0.15, 0.2) is 0 Å². The first-order valence-corrected chi connectivity index (χ1v) is 10.9. The molecule has 1 aliphatic heterocycles. The first-order valence-electron chi connectivity index (χ1n) is 10.9. The molecule has 4 rings (SSSR count). The van der Waals surface area contributed by atoms with Gasteiger partial charge in [0.25, 0.3) is 0 Å². The van der Waals surface area contributed by atoms with Crippen molar-refractivity contribution in [3.63, 3.8) is 0 Å². The van der Waals surface area contributed by atoms with Gasteiger partial charge in [0.05, 0.1) is 0 Å². The van der Waals surface area contributed by atoms with Crippen molar-refractivity contribution in [2.45, 2.75) is 44.9 Å². The van der Waals surface area contributed by atoms with E-state index >= 15 is 0 Å². The maximum Gasteiger partial charge on any atom is 0.225 e. The molecule has 5 nitrogen and oxygen atoms in total. The summed E-state index contributed by atoms with van der Waals surface area (Å²) in [4.78, 5) is 23.8. The molecule has 2 aromatic rings. The standard InChI is InChI=1S/C24H30N4O/c29-23(25-14-11-19-7-3-1-4-8-19)21-12-15-28(16-13-21)24-26-17-22(18-27-24)20-9-5-2-6-10-20/h2,5-7,9-10,17-18,21H,1,3-4,8,11-16H2,(H,25,29). The number of nitrogens with zero attached hydrogens (tertiary/aromatic N) is 3. The summed E-state index contributed by atoms with van der Waals surface area (Å²) in [7, 11) is 0. The van der Waals surface area contributed by atoms with E-state index in [9.17, 15) is 4.79 Å². The van der Waals surface area contributed by atoms with Crippen LogP contribution in [0.4, 0.5) is 5.95 Å². The third kappa shape index (κ3) is 5.22. The van der Waals surface area contributed by atoms with Crippen LogP contribution in [0.2, 0.25) is 0 Å². The van der Waals surface area contributed by atoms with Crippen molar-refractivity contribution in [3.05, 3.63) is 54.4 Å². The molecule has 29 heavy (non-hydrogen) atoms. The van der Waals surface area contributed by atoms with Crippen molar-refractivity contribution in [2.75, 3.05) is 24.5 Å². The van der Waals surface area contributed by atoms with E-state index in [0.717, 1.165) is 56.0 Å². The highest BCUT2D eigenvalue weighted by molar-refractivity contribution is 5.79. The van der Waals surface area contributed by atoms with E-state index in [2.05, 4.69) is 38.4 Å². The van der Waals surface area contributed by atoms with Crippen molar-refractivity contribution in [3.8, 4) is 11.1 Å². The number of rotatable bonds is 6. The van der Waals surface area contributed by atoms with Gasteiger partial charge in [0.2, 0.25) is 11.9 Å². The highest BCUT2D eigenvalue weighted by Crippen LogP contribution is 2.23. The van der Waals surface area contributed by atoms with Gasteiger partial charge in [0.1, 0.15) is 0 Å². The molecule has 0 saturated carbocycles. The van der Waals surface area contributed by atoms with E-state index in [1.807, 2.05) is 30.6 Å². The molecule has 0 bridgehead atoms. The maximum absolute atomic E-state index is 12.5. The van der Waals surface area contributed by atoms with Crippen molar-refractivity contribution in [2.24, 2.45) is 5.92 Å². The Labute approximate surface area is 173 Å². The van der Waals surface area contributed by atoms with Crippen molar-refractivity contribution in [1.82, 2.24) is 15.3 Å². The Morgan fingerprint density at radius 2 is 1.79 bits per heavy atom. The van der Waals surface area contributed by atoms with Gasteiger partial charge in [-0.2, -0.15) is 0 Å². The minimum atomic E-state index is 0.107. The Morgan fingerprint density at radius 1 is 1.03 bits per heavy atom. The second-order valence-electron chi connectivity index (χ2n) is 8.05. The van der Waals surface area contributed by atoms with Crippen LogP contribution in [0.1, 0.15) is 44.9 Å². The summed E-state index contributed by atoms with van der Waals surface area (Å²) in [5.41, 5.74) is 3.66. The third-order valence-corrected chi connectivity index (χ3v) is 6.02. The molecular formula is C24H30N4O. The lowest BCUT2D eigenvalue weighted by atomic mass is 9.95. The zero-order valence-corrected chi connectivity index (χ0v) is 17.0. The Morgan fingerprint density at radius 3 is 2.48 bits per heavy atom. The number of benzene rings is 1. The molecule has 2 aliphatic rings. The van der Waals surface area contributed by atoms with Gasteiger partial charge in [0, 0.05) is 43.5 Å². The highest BCUT2D eigenvalue weighted by atomic mass is 16.1. The van der Waals surface area contributed by atoms with Crippen LogP contribution in [0.15, 0.2) is 54.4 Å². The van der Waals surface area contributed by atoms with Gasteiger partial charge in [-0.25, -0.2) is 9.97 Å². The number of aromatic nitrogens is 2. The molecule has 1 saturated heterocycles. The van der Waals surface area contributed by atoms with Gasteiger partial charge in [-0.1, -0.05) is 42.0 Å². The zero-order chi connectivity index (χ0) is 19.9. The Bertz CT molecular complexity index is 824. The molecule has 1 fully saturated rings. The molecule has 1 N–H and O–H groups in total. The number of anilines is 1. The lowest BCUT2D eigenvalue weighted by molar-refractivity contribution is -0.125. The fourth-order valence-corrected chi connectivity index (χ4v) is 4.23. The summed E-state index contributed by atoms with van der Waals surface area (Å²) in [6.07, 6.45) is 13.9. The molecule has 1 amide bonds. The lowest BCUT2D eigenvalue weighted by Gasteiger charge is -2.31. The van der Waals surface area contributed by atoms with Gasteiger partial charge in [-0.15, -0.1) is 0 Å². The van der Waals surface area contributed by atoms with Crippen LogP contribution < -0.4 is 10.2 Å². The largest absolute Gasteiger partial charge is 0.356 e. The first kappa shape index (κ1) is 19.6. The van der Waals surface area contributed by atoms with Crippen molar-refractivity contribution in [1.29, 1.82) is 0 Å². The number of hydrogen-bond donors (Lipinski definition) is 1. The number of amides is 1. The van der Waals surface area contributed by atoms with Crippen LogP contribution >= 0.6 is 0 Å². The minimum absolute atomic E-state index is 0.107. The number of carbonyl (C=O) groups is 1. The summed E-state index contributed by atoms with van der Waals surface area (Å²) >= 11 is 0. The summed E-state index contributed by atoms with van der Waals surface area (Å²) in [5.74, 6) is 1.07. The smallest absolute Gasteiger partial charge is 0.225 e. The molecule has 0 spiro atoms. The van der Waals surface area contributed by atoms with Crippen LogP contribution in [-0.2, 0) is 4.79 Å². The highest BCUT2D eigenvalue weighted by Gasteiger charge is 2.26. The zero-order valence-electron chi connectivity index (χ0n) is 17.0. The summed E-state index contributed by atoms with van der Waals surface area (Å²) in [5, 5.41) is 3.15. The molecule has 5 heteroatoms.